The molecule has 0 radical (unpaired) electrons. The van der Waals surface area contributed by atoms with E-state index in [0.29, 0.717) is 25.1 Å². The predicted molar refractivity (Wildman–Crippen MR) is 94.5 cm³/mol. The average Bonchev–Trinajstić information content (AvgIpc) is 3.06. The van der Waals surface area contributed by atoms with Gasteiger partial charge in [-0.15, -0.1) is 0 Å². The van der Waals surface area contributed by atoms with E-state index in [0.717, 1.165) is 4.31 Å². The van der Waals surface area contributed by atoms with Crippen LogP contribution in [0.25, 0.3) is 0 Å². The van der Waals surface area contributed by atoms with Gasteiger partial charge in [0.1, 0.15) is 11.8 Å². The summed E-state index contributed by atoms with van der Waals surface area (Å²) in [5.74, 6) is -0.449. The molecule has 3 atom stereocenters. The van der Waals surface area contributed by atoms with Crippen LogP contribution in [-0.4, -0.2) is 66.9 Å². The number of hydrogen-bond acceptors (Lipinski definition) is 6. The van der Waals surface area contributed by atoms with Crippen molar-refractivity contribution in [3.8, 4) is 5.75 Å². The minimum absolute atomic E-state index is 0.0274. The van der Waals surface area contributed by atoms with Crippen molar-refractivity contribution in [2.75, 3.05) is 20.2 Å². The van der Waals surface area contributed by atoms with Crippen molar-refractivity contribution in [2.24, 2.45) is 5.92 Å². The fourth-order valence-corrected chi connectivity index (χ4v) is 5.80. The van der Waals surface area contributed by atoms with E-state index in [1.807, 2.05) is 0 Å². The number of hydrogen-bond donors (Lipinski definition) is 2. The zero-order valence-corrected chi connectivity index (χ0v) is 16.0. The predicted octanol–water partition coefficient (Wildman–Crippen LogP) is 0.201. The Morgan fingerprint density at radius 2 is 1.93 bits per heavy atom. The minimum atomic E-state index is -4.02. The van der Waals surface area contributed by atoms with Gasteiger partial charge in [0.25, 0.3) is 5.91 Å². The third-order valence-corrected chi connectivity index (χ3v) is 7.32. The Kier molecular flexibility index (Phi) is 5.41. The van der Waals surface area contributed by atoms with E-state index >= 15 is 0 Å². The molecule has 2 heterocycles. The molecule has 0 aromatic heterocycles. The third-order valence-electron chi connectivity index (χ3n) is 5.37. The quantitative estimate of drug-likeness (QED) is 0.554. The number of nitrogens with zero attached hydrogens (tertiary/aromatic N) is 2. The van der Waals surface area contributed by atoms with Gasteiger partial charge >= 0.3 is 0 Å². The molecule has 27 heavy (non-hydrogen) atoms. The van der Waals surface area contributed by atoms with Crippen LogP contribution in [0.5, 0.6) is 5.75 Å². The van der Waals surface area contributed by atoms with E-state index in [-0.39, 0.29) is 23.3 Å². The maximum absolute atomic E-state index is 13.3. The van der Waals surface area contributed by atoms with Crippen LogP contribution in [-0.2, 0) is 19.6 Å². The Morgan fingerprint density at radius 1 is 1.26 bits per heavy atom. The fourth-order valence-electron chi connectivity index (χ4n) is 3.96. The maximum atomic E-state index is 13.3. The van der Waals surface area contributed by atoms with Crippen LogP contribution in [0.3, 0.4) is 0 Å². The second-order valence-corrected chi connectivity index (χ2v) is 8.66. The van der Waals surface area contributed by atoms with Gasteiger partial charge in [-0.25, -0.2) is 13.9 Å². The number of carbonyl (C=O) groups is 2. The number of sulfonamides is 1. The number of likely N-dealkylation sites (tertiary alicyclic amines) is 1. The van der Waals surface area contributed by atoms with Crippen LogP contribution in [0, 0.1) is 5.92 Å². The molecule has 10 heteroatoms. The zero-order valence-electron chi connectivity index (χ0n) is 15.2. The molecule has 148 valence electrons. The van der Waals surface area contributed by atoms with Gasteiger partial charge in [-0.2, -0.15) is 4.31 Å². The lowest BCUT2D eigenvalue weighted by atomic mass is 9.91. The number of benzene rings is 1. The number of amides is 2. The van der Waals surface area contributed by atoms with Crippen LogP contribution < -0.4 is 10.2 Å². The Bertz CT molecular complexity index is 826. The van der Waals surface area contributed by atoms with Gasteiger partial charge < -0.3 is 9.64 Å². The number of carbonyl (C=O) groups excluding carboxylic acids is 2. The topological polar surface area (TPSA) is 116 Å². The molecule has 1 aromatic carbocycles. The summed E-state index contributed by atoms with van der Waals surface area (Å²) in [6.07, 6.45) is 0.909. The van der Waals surface area contributed by atoms with Gasteiger partial charge in [0.2, 0.25) is 15.9 Å². The molecular weight excluding hydrogens is 374 g/mol. The van der Waals surface area contributed by atoms with Gasteiger partial charge in [-0.1, -0.05) is 0 Å². The third kappa shape index (κ3) is 3.52. The molecule has 0 unspecified atom stereocenters. The number of hydroxylamine groups is 1. The lowest BCUT2D eigenvalue weighted by Crippen LogP contribution is -2.54. The summed E-state index contributed by atoms with van der Waals surface area (Å²) in [4.78, 5) is 25.6. The second kappa shape index (κ2) is 7.45. The molecule has 1 aromatic rings. The summed E-state index contributed by atoms with van der Waals surface area (Å²) in [5, 5.41) is 9.09. The molecule has 3 rings (SSSR count). The van der Waals surface area contributed by atoms with Crippen molar-refractivity contribution < 1.29 is 28.0 Å². The summed E-state index contributed by atoms with van der Waals surface area (Å²) in [7, 11) is -2.54. The molecule has 0 aliphatic carbocycles. The molecule has 2 amide bonds. The number of methoxy groups -OCH3 is 1. The monoisotopic (exact) mass is 397 g/mol. The first-order chi connectivity index (χ1) is 12.8. The van der Waals surface area contributed by atoms with Crippen molar-refractivity contribution in [3.63, 3.8) is 0 Å². The van der Waals surface area contributed by atoms with Crippen LogP contribution in [0.15, 0.2) is 29.2 Å². The number of fused-ring (bicyclic) bond motifs is 1. The highest BCUT2D eigenvalue weighted by atomic mass is 32.2. The van der Waals surface area contributed by atoms with Crippen LogP contribution in [0.2, 0.25) is 0 Å². The molecule has 2 N–H and O–H groups in total. The van der Waals surface area contributed by atoms with Gasteiger partial charge in [0, 0.05) is 26.1 Å². The molecule has 0 saturated carbocycles. The number of piperidine rings is 1. The maximum Gasteiger partial charge on any atom is 0.261 e. The SMILES string of the molecule is COc1ccc(S(=O)(=O)N2[C@H](C(=O)NO)C[C@@H]3CCN(C(C)=O)C[C@@H]32)cc1. The Balaban J connectivity index is 2.00. The lowest BCUT2D eigenvalue weighted by Gasteiger charge is -2.38. The summed E-state index contributed by atoms with van der Waals surface area (Å²) in [5.41, 5.74) is 1.58. The van der Waals surface area contributed by atoms with Gasteiger partial charge in [0.05, 0.1) is 12.0 Å². The summed E-state index contributed by atoms with van der Waals surface area (Å²) < 4.78 is 32.8. The van der Waals surface area contributed by atoms with E-state index in [9.17, 15) is 18.0 Å². The molecule has 9 nitrogen and oxygen atoms in total. The standard InChI is InChI=1S/C17H23N3O6S/c1-11(21)19-8-7-12-9-15(17(22)18-23)20(16(12)10-19)27(24,25)14-5-3-13(26-2)4-6-14/h3-6,12,15-16,23H,7-10H2,1-2H3,(H,18,22)/t12-,15-,16-/m0/s1. The Hall–Kier alpha value is -2.17. The van der Waals surface area contributed by atoms with Crippen molar-refractivity contribution in [3.05, 3.63) is 24.3 Å². The largest absolute Gasteiger partial charge is 0.497 e. The van der Waals surface area contributed by atoms with Crippen molar-refractivity contribution in [1.29, 1.82) is 0 Å². The van der Waals surface area contributed by atoms with Crippen molar-refractivity contribution in [2.45, 2.75) is 36.7 Å². The van der Waals surface area contributed by atoms with E-state index in [4.69, 9.17) is 9.94 Å². The first-order valence-corrected chi connectivity index (χ1v) is 10.1. The highest BCUT2D eigenvalue weighted by Crippen LogP contribution is 2.39. The molecule has 2 fully saturated rings. The van der Waals surface area contributed by atoms with E-state index in [1.54, 1.807) is 10.4 Å². The fraction of sp³-hybridized carbons (Fsp3) is 0.529. The molecular formula is C17H23N3O6S. The minimum Gasteiger partial charge on any atom is -0.497 e. The van der Waals surface area contributed by atoms with Crippen LogP contribution in [0.1, 0.15) is 19.8 Å². The van der Waals surface area contributed by atoms with Crippen molar-refractivity contribution >= 4 is 21.8 Å². The first kappa shape index (κ1) is 19.6. The van der Waals surface area contributed by atoms with Crippen LogP contribution >= 0.6 is 0 Å². The van der Waals surface area contributed by atoms with Gasteiger partial charge in [0.15, 0.2) is 0 Å². The lowest BCUT2D eigenvalue weighted by molar-refractivity contribution is -0.132. The van der Waals surface area contributed by atoms with Gasteiger partial charge in [-0.3, -0.25) is 14.8 Å². The Morgan fingerprint density at radius 3 is 2.48 bits per heavy atom. The van der Waals surface area contributed by atoms with E-state index < -0.39 is 28.0 Å². The normalized spacial score (nSPS) is 25.7. The average molecular weight is 397 g/mol. The van der Waals surface area contributed by atoms with E-state index in [1.165, 1.54) is 38.3 Å². The molecule has 2 aliphatic rings. The second-order valence-electron chi connectivity index (χ2n) is 6.82. The number of nitrogens with one attached hydrogen (secondary N) is 1. The zero-order chi connectivity index (χ0) is 19.8. The molecule has 2 aliphatic heterocycles. The van der Waals surface area contributed by atoms with Crippen LogP contribution in [0.4, 0.5) is 0 Å². The smallest absolute Gasteiger partial charge is 0.261 e. The van der Waals surface area contributed by atoms with E-state index in [2.05, 4.69) is 0 Å². The number of ether oxygens (including phenoxy) is 1. The summed E-state index contributed by atoms with van der Waals surface area (Å²) in [6.45, 7) is 2.19. The van der Waals surface area contributed by atoms with Gasteiger partial charge in [-0.05, 0) is 43.0 Å². The number of rotatable bonds is 4. The summed E-state index contributed by atoms with van der Waals surface area (Å²) in [6, 6.07) is 4.36. The molecule has 2 saturated heterocycles. The highest BCUT2D eigenvalue weighted by Gasteiger charge is 2.52. The molecule has 0 spiro atoms. The summed E-state index contributed by atoms with van der Waals surface area (Å²) >= 11 is 0. The molecule has 0 bridgehead atoms. The van der Waals surface area contributed by atoms with Crippen molar-refractivity contribution in [1.82, 2.24) is 14.7 Å². The Labute approximate surface area is 157 Å². The first-order valence-electron chi connectivity index (χ1n) is 8.66. The highest BCUT2D eigenvalue weighted by molar-refractivity contribution is 7.89.